The van der Waals surface area contributed by atoms with Crippen LogP contribution in [0.25, 0.3) is 10.9 Å². The number of hydrogen-bond acceptors (Lipinski definition) is 5. The number of methoxy groups -OCH3 is 2. The molecule has 5 rings (SSSR count). The number of aromatic amines is 1. The Balaban J connectivity index is 1.37. The first kappa shape index (κ1) is 21.1. The third-order valence-electron chi connectivity index (χ3n) is 6.19. The molecule has 4 aromatic rings. The number of oxazole rings is 1. The van der Waals surface area contributed by atoms with E-state index in [0.29, 0.717) is 24.6 Å². The van der Waals surface area contributed by atoms with Gasteiger partial charge in [-0.15, -0.1) is 0 Å². The van der Waals surface area contributed by atoms with Gasteiger partial charge in [0.15, 0.2) is 0 Å². The molecule has 1 saturated heterocycles. The van der Waals surface area contributed by atoms with Crippen LogP contribution in [0.1, 0.15) is 53.0 Å². The number of fused-ring (bicyclic) bond motifs is 1. The SMILES string of the molecule is COc1cccc(Cc2cnc([C@@H]3CCCCN3C(=O)c3cc4cc(OC)ccc4[nH]3)o2)c1. The molecule has 1 N–H and O–H groups in total. The summed E-state index contributed by atoms with van der Waals surface area (Å²) >= 11 is 0. The first-order chi connectivity index (χ1) is 16.1. The second-order valence-corrected chi connectivity index (χ2v) is 8.34. The molecule has 0 radical (unpaired) electrons. The van der Waals surface area contributed by atoms with Gasteiger partial charge in [-0.2, -0.15) is 0 Å². The molecule has 1 aliphatic heterocycles. The van der Waals surface area contributed by atoms with Gasteiger partial charge in [0.05, 0.1) is 20.4 Å². The average Bonchev–Trinajstić information content (AvgIpc) is 3.50. The molecule has 0 unspecified atom stereocenters. The van der Waals surface area contributed by atoms with E-state index >= 15 is 0 Å². The quantitative estimate of drug-likeness (QED) is 0.445. The lowest BCUT2D eigenvalue weighted by atomic mass is 10.0. The normalized spacial score (nSPS) is 16.2. The summed E-state index contributed by atoms with van der Waals surface area (Å²) in [7, 11) is 3.29. The minimum Gasteiger partial charge on any atom is -0.497 e. The number of benzene rings is 2. The Morgan fingerprint density at radius 1 is 1.12 bits per heavy atom. The van der Waals surface area contributed by atoms with Gasteiger partial charge in [0.2, 0.25) is 5.89 Å². The second-order valence-electron chi connectivity index (χ2n) is 8.34. The molecule has 2 aromatic heterocycles. The average molecular weight is 446 g/mol. The molecule has 0 saturated carbocycles. The van der Waals surface area contributed by atoms with Crippen molar-refractivity contribution in [2.45, 2.75) is 31.7 Å². The highest BCUT2D eigenvalue weighted by Gasteiger charge is 2.32. The number of carbonyl (C=O) groups is 1. The Labute approximate surface area is 192 Å². The van der Waals surface area contributed by atoms with Crippen molar-refractivity contribution in [2.24, 2.45) is 0 Å². The van der Waals surface area contributed by atoms with Gasteiger partial charge in [0, 0.05) is 23.9 Å². The Morgan fingerprint density at radius 2 is 1.97 bits per heavy atom. The van der Waals surface area contributed by atoms with Gasteiger partial charge in [-0.1, -0.05) is 12.1 Å². The summed E-state index contributed by atoms with van der Waals surface area (Å²) < 4.78 is 16.7. The largest absolute Gasteiger partial charge is 0.497 e. The smallest absolute Gasteiger partial charge is 0.270 e. The number of hydrogen-bond donors (Lipinski definition) is 1. The zero-order chi connectivity index (χ0) is 22.8. The van der Waals surface area contributed by atoms with Crippen LogP contribution in [-0.4, -0.2) is 41.5 Å². The number of rotatable bonds is 6. The number of likely N-dealkylation sites (tertiary alicyclic amines) is 1. The van der Waals surface area contributed by atoms with Crippen LogP contribution in [0.3, 0.4) is 0 Å². The molecule has 0 spiro atoms. The molecule has 7 nitrogen and oxygen atoms in total. The summed E-state index contributed by atoms with van der Waals surface area (Å²) in [4.78, 5) is 23.1. The molecule has 1 atom stereocenters. The summed E-state index contributed by atoms with van der Waals surface area (Å²) in [6, 6.07) is 15.3. The van der Waals surface area contributed by atoms with Crippen molar-refractivity contribution in [1.82, 2.24) is 14.9 Å². The molecule has 3 heterocycles. The number of nitrogens with zero attached hydrogens (tertiary/aromatic N) is 2. The lowest BCUT2D eigenvalue weighted by Gasteiger charge is -2.33. The fraction of sp³-hybridized carbons (Fsp3) is 0.308. The molecular weight excluding hydrogens is 418 g/mol. The highest BCUT2D eigenvalue weighted by atomic mass is 16.5. The topological polar surface area (TPSA) is 80.6 Å². The summed E-state index contributed by atoms with van der Waals surface area (Å²) in [6.45, 7) is 0.676. The first-order valence-electron chi connectivity index (χ1n) is 11.2. The summed E-state index contributed by atoms with van der Waals surface area (Å²) in [5.41, 5.74) is 2.56. The van der Waals surface area contributed by atoms with Crippen molar-refractivity contribution in [2.75, 3.05) is 20.8 Å². The standard InChI is InChI=1S/C26H27N3O4/c1-31-19-7-5-6-17(12-19)13-21-16-27-25(33-21)24-8-3-4-11-29(24)26(30)23-15-18-14-20(32-2)9-10-22(18)28-23/h5-7,9-10,12,14-16,24,28H,3-4,8,11,13H2,1-2H3/t24-/m0/s1. The Bertz CT molecular complexity index is 1280. The van der Waals surface area contributed by atoms with Gasteiger partial charge < -0.3 is 23.8 Å². The maximum atomic E-state index is 13.5. The van der Waals surface area contributed by atoms with Crippen LogP contribution in [0, 0.1) is 0 Å². The minimum absolute atomic E-state index is 0.0394. The number of aromatic nitrogens is 2. The maximum absolute atomic E-state index is 13.5. The predicted octanol–water partition coefficient (Wildman–Crippen LogP) is 5.13. The van der Waals surface area contributed by atoms with Crippen molar-refractivity contribution >= 4 is 16.8 Å². The fourth-order valence-corrected chi connectivity index (χ4v) is 4.48. The lowest BCUT2D eigenvalue weighted by Crippen LogP contribution is -2.38. The molecule has 2 aromatic carbocycles. The third kappa shape index (κ3) is 4.31. The number of amides is 1. The van der Waals surface area contributed by atoms with E-state index < -0.39 is 0 Å². The van der Waals surface area contributed by atoms with Crippen LogP contribution >= 0.6 is 0 Å². The molecule has 0 bridgehead atoms. The van der Waals surface area contributed by atoms with Gasteiger partial charge >= 0.3 is 0 Å². The number of carbonyl (C=O) groups excluding carboxylic acids is 1. The fourth-order valence-electron chi connectivity index (χ4n) is 4.48. The van der Waals surface area contributed by atoms with Crippen LogP contribution in [0.5, 0.6) is 11.5 Å². The van der Waals surface area contributed by atoms with Crippen LogP contribution in [0.2, 0.25) is 0 Å². The number of H-pyrrole nitrogens is 1. The van der Waals surface area contributed by atoms with Crippen LogP contribution in [0.15, 0.2) is 59.1 Å². The number of piperidine rings is 1. The monoisotopic (exact) mass is 445 g/mol. The molecule has 0 aliphatic carbocycles. The summed E-state index contributed by atoms with van der Waals surface area (Å²) in [6.07, 6.45) is 5.22. The lowest BCUT2D eigenvalue weighted by molar-refractivity contribution is 0.0565. The van der Waals surface area contributed by atoms with E-state index in [4.69, 9.17) is 13.9 Å². The van der Waals surface area contributed by atoms with Gasteiger partial charge in [0.1, 0.15) is 29.0 Å². The highest BCUT2D eigenvalue weighted by molar-refractivity contribution is 5.98. The van der Waals surface area contributed by atoms with Crippen molar-refractivity contribution in [3.63, 3.8) is 0 Å². The van der Waals surface area contributed by atoms with E-state index in [0.717, 1.165) is 53.0 Å². The summed E-state index contributed by atoms with van der Waals surface area (Å²) in [5.74, 6) is 2.90. The van der Waals surface area contributed by atoms with Gasteiger partial charge in [-0.05, 0) is 61.2 Å². The van der Waals surface area contributed by atoms with E-state index in [1.807, 2.05) is 53.4 Å². The molecule has 1 fully saturated rings. The van der Waals surface area contributed by atoms with E-state index in [1.165, 1.54) is 0 Å². The zero-order valence-corrected chi connectivity index (χ0v) is 18.8. The van der Waals surface area contributed by atoms with E-state index in [1.54, 1.807) is 20.4 Å². The Kier molecular flexibility index (Phi) is 5.77. The van der Waals surface area contributed by atoms with Crippen LogP contribution in [-0.2, 0) is 6.42 Å². The molecule has 7 heteroatoms. The van der Waals surface area contributed by atoms with Crippen molar-refractivity contribution in [3.8, 4) is 11.5 Å². The zero-order valence-electron chi connectivity index (χ0n) is 18.8. The molecule has 1 aliphatic rings. The minimum atomic E-state index is -0.175. The highest BCUT2D eigenvalue weighted by Crippen LogP contribution is 2.33. The Morgan fingerprint density at radius 3 is 2.82 bits per heavy atom. The van der Waals surface area contributed by atoms with E-state index in [2.05, 4.69) is 9.97 Å². The number of ether oxygens (including phenoxy) is 2. The van der Waals surface area contributed by atoms with Gasteiger partial charge in [-0.25, -0.2) is 4.98 Å². The summed E-state index contributed by atoms with van der Waals surface area (Å²) in [5, 5.41) is 0.947. The second kappa shape index (κ2) is 9.02. The van der Waals surface area contributed by atoms with Crippen molar-refractivity contribution in [3.05, 3.63) is 77.6 Å². The predicted molar refractivity (Wildman–Crippen MR) is 125 cm³/mol. The third-order valence-corrected chi connectivity index (χ3v) is 6.19. The van der Waals surface area contributed by atoms with Crippen molar-refractivity contribution in [1.29, 1.82) is 0 Å². The van der Waals surface area contributed by atoms with Gasteiger partial charge in [-0.3, -0.25) is 4.79 Å². The van der Waals surface area contributed by atoms with Gasteiger partial charge in [0.25, 0.3) is 5.91 Å². The maximum Gasteiger partial charge on any atom is 0.270 e. The Hall–Kier alpha value is -3.74. The first-order valence-corrected chi connectivity index (χ1v) is 11.2. The van der Waals surface area contributed by atoms with E-state index in [-0.39, 0.29) is 11.9 Å². The molecule has 33 heavy (non-hydrogen) atoms. The molecular formula is C26H27N3O4. The van der Waals surface area contributed by atoms with Crippen molar-refractivity contribution < 1.29 is 18.7 Å². The number of nitrogens with one attached hydrogen (secondary N) is 1. The van der Waals surface area contributed by atoms with E-state index in [9.17, 15) is 4.79 Å². The van der Waals surface area contributed by atoms with Crippen LogP contribution < -0.4 is 9.47 Å². The van der Waals surface area contributed by atoms with Crippen LogP contribution in [0.4, 0.5) is 0 Å². The molecule has 1 amide bonds. The molecule has 170 valence electrons.